The molecule has 0 fully saturated rings. The molecule has 7 heteroatoms. The molecule has 0 aliphatic carbocycles. The minimum atomic E-state index is -0.777. The van der Waals surface area contributed by atoms with Crippen molar-refractivity contribution in [3.63, 3.8) is 0 Å². The maximum atomic E-state index is 13.5. The number of ether oxygens (including phenoxy) is 1. The fourth-order valence-corrected chi connectivity index (χ4v) is 3.01. The van der Waals surface area contributed by atoms with Gasteiger partial charge in [0, 0.05) is 0 Å². The van der Waals surface area contributed by atoms with Gasteiger partial charge in [-0.1, -0.05) is 6.07 Å². The predicted molar refractivity (Wildman–Crippen MR) is 86.4 cm³/mol. The number of aromatic hydroxyl groups is 1. The summed E-state index contributed by atoms with van der Waals surface area (Å²) in [4.78, 5) is 25.1. The Hall–Kier alpha value is -3.35. The van der Waals surface area contributed by atoms with E-state index in [1.165, 1.54) is 25.3 Å². The second-order valence-electron chi connectivity index (χ2n) is 5.65. The number of phenolic OH excluding ortho intramolecular Hbond substituents is 1. The Kier molecular flexibility index (Phi) is 3.24. The second kappa shape index (κ2) is 5.34. The molecule has 1 aromatic heterocycles. The van der Waals surface area contributed by atoms with Crippen LogP contribution < -0.4 is 15.5 Å². The van der Waals surface area contributed by atoms with Crippen LogP contribution in [-0.4, -0.2) is 18.1 Å². The number of carbonyl (C=O) groups excluding carboxylic acids is 1. The van der Waals surface area contributed by atoms with Gasteiger partial charge in [0.1, 0.15) is 11.4 Å². The summed E-state index contributed by atoms with van der Waals surface area (Å²) in [6, 6.07) is 7.27. The molecule has 6 nitrogen and oxygen atoms in total. The molecule has 0 saturated carbocycles. The first-order chi connectivity index (χ1) is 12.0. The lowest BCUT2D eigenvalue weighted by atomic mass is 9.99. The molecule has 1 aliphatic rings. The molecule has 126 valence electrons. The van der Waals surface area contributed by atoms with Gasteiger partial charge >= 0.3 is 0 Å². The van der Waals surface area contributed by atoms with Crippen molar-refractivity contribution in [2.75, 3.05) is 7.11 Å². The average molecular weight is 341 g/mol. The highest BCUT2D eigenvalue weighted by molar-refractivity contribution is 5.99. The molecule has 25 heavy (non-hydrogen) atoms. The maximum Gasteiger partial charge on any atom is 0.288 e. The highest BCUT2D eigenvalue weighted by Crippen LogP contribution is 2.35. The van der Waals surface area contributed by atoms with Crippen LogP contribution in [0.2, 0.25) is 0 Å². The molecule has 0 unspecified atom stereocenters. The van der Waals surface area contributed by atoms with E-state index in [9.17, 15) is 19.1 Å². The van der Waals surface area contributed by atoms with Gasteiger partial charge in [-0.25, -0.2) is 4.39 Å². The van der Waals surface area contributed by atoms with Gasteiger partial charge in [-0.2, -0.15) is 0 Å². The number of rotatable bonds is 2. The standard InChI is InChI=1S/C18H12FNO5/c1-24-13-6-8(2-4-11(13)21)15-14-16(22)10-7-9(19)3-5-12(10)25-17(14)18(23)20-15/h2-7,15,21H,1H3,(H,20,23)/t15-/m1/s1. The fourth-order valence-electron chi connectivity index (χ4n) is 3.01. The zero-order valence-electron chi connectivity index (χ0n) is 13.0. The van der Waals surface area contributed by atoms with Crippen molar-refractivity contribution >= 4 is 16.9 Å². The Bertz CT molecular complexity index is 1090. The Morgan fingerprint density at radius 2 is 2.00 bits per heavy atom. The molecule has 0 radical (unpaired) electrons. The molecule has 1 atom stereocenters. The Morgan fingerprint density at radius 3 is 2.76 bits per heavy atom. The van der Waals surface area contributed by atoms with Crippen molar-refractivity contribution in [3.05, 3.63) is 69.3 Å². The van der Waals surface area contributed by atoms with Crippen LogP contribution >= 0.6 is 0 Å². The predicted octanol–water partition coefficient (Wildman–Crippen LogP) is 2.48. The number of halogens is 1. The molecular formula is C18H12FNO5. The van der Waals surface area contributed by atoms with Gasteiger partial charge in [0.05, 0.1) is 24.1 Å². The van der Waals surface area contributed by atoms with E-state index in [0.29, 0.717) is 5.56 Å². The van der Waals surface area contributed by atoms with Crippen LogP contribution in [0.4, 0.5) is 4.39 Å². The summed E-state index contributed by atoms with van der Waals surface area (Å²) in [6.45, 7) is 0. The van der Waals surface area contributed by atoms with Gasteiger partial charge in [-0.05, 0) is 35.9 Å². The first-order valence-electron chi connectivity index (χ1n) is 7.43. The third kappa shape index (κ3) is 2.24. The highest BCUT2D eigenvalue weighted by Gasteiger charge is 2.36. The lowest BCUT2D eigenvalue weighted by Gasteiger charge is -2.13. The third-order valence-corrected chi connectivity index (χ3v) is 4.19. The van der Waals surface area contributed by atoms with Crippen molar-refractivity contribution in [1.29, 1.82) is 0 Å². The van der Waals surface area contributed by atoms with Crippen molar-refractivity contribution in [1.82, 2.24) is 5.32 Å². The van der Waals surface area contributed by atoms with Crippen molar-refractivity contribution in [2.45, 2.75) is 6.04 Å². The first-order valence-corrected chi connectivity index (χ1v) is 7.43. The molecule has 2 N–H and O–H groups in total. The van der Waals surface area contributed by atoms with Crippen LogP contribution in [0.15, 0.2) is 45.6 Å². The molecule has 1 aliphatic heterocycles. The van der Waals surface area contributed by atoms with Crippen molar-refractivity contribution in [2.24, 2.45) is 0 Å². The van der Waals surface area contributed by atoms with Gasteiger partial charge in [0.15, 0.2) is 16.9 Å². The molecule has 0 saturated heterocycles. The van der Waals surface area contributed by atoms with Crippen LogP contribution in [0.1, 0.15) is 27.7 Å². The Morgan fingerprint density at radius 1 is 1.20 bits per heavy atom. The van der Waals surface area contributed by atoms with Crippen LogP contribution in [0, 0.1) is 5.82 Å². The van der Waals surface area contributed by atoms with E-state index in [4.69, 9.17) is 9.15 Å². The second-order valence-corrected chi connectivity index (χ2v) is 5.65. The molecule has 3 aromatic rings. The summed E-state index contributed by atoms with van der Waals surface area (Å²) in [6.07, 6.45) is 0. The topological polar surface area (TPSA) is 88.8 Å². The van der Waals surface area contributed by atoms with Gasteiger partial charge in [-0.15, -0.1) is 0 Å². The summed E-state index contributed by atoms with van der Waals surface area (Å²) >= 11 is 0. The van der Waals surface area contributed by atoms with E-state index in [2.05, 4.69) is 5.32 Å². The quantitative estimate of drug-likeness (QED) is 0.747. The largest absolute Gasteiger partial charge is 0.504 e. The fraction of sp³-hybridized carbons (Fsp3) is 0.111. The Labute approximate surface area is 140 Å². The number of benzene rings is 2. The summed E-state index contributed by atoms with van der Waals surface area (Å²) in [5, 5.41) is 12.5. The van der Waals surface area contributed by atoms with E-state index in [0.717, 1.165) is 12.1 Å². The lowest BCUT2D eigenvalue weighted by Crippen LogP contribution is -2.22. The smallest absolute Gasteiger partial charge is 0.288 e. The molecule has 0 spiro atoms. The van der Waals surface area contributed by atoms with E-state index in [1.807, 2.05) is 0 Å². The minimum absolute atomic E-state index is 0.0611. The van der Waals surface area contributed by atoms with E-state index in [1.54, 1.807) is 6.07 Å². The Balaban J connectivity index is 1.96. The van der Waals surface area contributed by atoms with E-state index in [-0.39, 0.29) is 33.8 Å². The summed E-state index contributed by atoms with van der Waals surface area (Å²) in [5.74, 6) is -1.06. The lowest BCUT2D eigenvalue weighted by molar-refractivity contribution is 0.0938. The van der Waals surface area contributed by atoms with E-state index >= 15 is 0 Å². The average Bonchev–Trinajstić information content (AvgIpc) is 2.93. The van der Waals surface area contributed by atoms with Crippen molar-refractivity contribution < 1.29 is 23.4 Å². The zero-order chi connectivity index (χ0) is 17.7. The molecule has 0 bridgehead atoms. The number of nitrogens with one attached hydrogen (secondary N) is 1. The zero-order valence-corrected chi connectivity index (χ0v) is 13.0. The van der Waals surface area contributed by atoms with E-state index < -0.39 is 23.2 Å². The monoisotopic (exact) mass is 341 g/mol. The molecule has 4 rings (SSSR count). The highest BCUT2D eigenvalue weighted by atomic mass is 19.1. The number of fused-ring (bicyclic) bond motifs is 2. The van der Waals surface area contributed by atoms with Gasteiger partial charge in [0.25, 0.3) is 5.91 Å². The van der Waals surface area contributed by atoms with Crippen LogP contribution in [0.5, 0.6) is 11.5 Å². The summed E-state index contributed by atoms with van der Waals surface area (Å²) < 4.78 is 24.1. The number of phenols is 1. The van der Waals surface area contributed by atoms with Gasteiger partial charge in [0.2, 0.25) is 5.76 Å². The SMILES string of the molecule is COc1cc([C@H]2NC(=O)c3oc4ccc(F)cc4c(=O)c32)ccc1O. The van der Waals surface area contributed by atoms with Gasteiger partial charge in [-0.3, -0.25) is 9.59 Å². The first kappa shape index (κ1) is 15.2. The summed E-state index contributed by atoms with van der Waals surface area (Å²) in [7, 11) is 1.39. The molecular weight excluding hydrogens is 329 g/mol. The number of carbonyl (C=O) groups is 1. The number of amides is 1. The number of hydrogen-bond acceptors (Lipinski definition) is 5. The number of hydrogen-bond donors (Lipinski definition) is 2. The van der Waals surface area contributed by atoms with Crippen molar-refractivity contribution in [3.8, 4) is 11.5 Å². The van der Waals surface area contributed by atoms with Crippen LogP contribution in [-0.2, 0) is 0 Å². The van der Waals surface area contributed by atoms with Gasteiger partial charge < -0.3 is 19.6 Å². The molecule has 2 heterocycles. The number of methoxy groups -OCH3 is 1. The summed E-state index contributed by atoms with van der Waals surface area (Å²) in [5.41, 5.74) is 0.302. The minimum Gasteiger partial charge on any atom is -0.504 e. The third-order valence-electron chi connectivity index (χ3n) is 4.19. The molecule has 2 aromatic carbocycles. The van der Waals surface area contributed by atoms with Crippen LogP contribution in [0.25, 0.3) is 11.0 Å². The van der Waals surface area contributed by atoms with Crippen LogP contribution in [0.3, 0.4) is 0 Å². The normalized spacial score (nSPS) is 15.9. The maximum absolute atomic E-state index is 13.5. The molecule has 1 amide bonds.